The third-order valence-electron chi connectivity index (χ3n) is 6.04. The molecule has 6 nitrogen and oxygen atoms in total. The van der Waals surface area contributed by atoms with E-state index in [1.54, 1.807) is 16.9 Å². The Hall–Kier alpha value is -2.34. The van der Waals surface area contributed by atoms with E-state index in [0.717, 1.165) is 41.8 Å². The average Bonchev–Trinajstić information content (AvgIpc) is 3.19. The van der Waals surface area contributed by atoms with Gasteiger partial charge in [0.15, 0.2) is 12.4 Å². The van der Waals surface area contributed by atoms with E-state index < -0.39 is 0 Å². The molecule has 0 N–H and O–H groups in total. The highest BCUT2D eigenvalue weighted by Gasteiger charge is 2.41. The number of ether oxygens (including phenoxy) is 1. The van der Waals surface area contributed by atoms with Crippen molar-refractivity contribution in [2.45, 2.75) is 58.7 Å². The third-order valence-corrected chi connectivity index (χ3v) is 6.63. The summed E-state index contributed by atoms with van der Waals surface area (Å²) in [5, 5.41) is 5.15. The number of amides is 1. The molecule has 2 heterocycles. The molecule has 154 valence electrons. The van der Waals surface area contributed by atoms with E-state index in [1.807, 2.05) is 30.9 Å². The fourth-order valence-corrected chi connectivity index (χ4v) is 4.63. The molecular formula is C22H26ClN3O3. The number of fused-ring (bicyclic) bond motifs is 1. The Kier molecular flexibility index (Phi) is 5.63. The first-order valence-corrected chi connectivity index (χ1v) is 10.6. The number of carbonyl (C=O) groups excluding carboxylic acids is 2. The van der Waals surface area contributed by atoms with Gasteiger partial charge in [-0.2, -0.15) is 5.10 Å². The Labute approximate surface area is 175 Å². The second-order valence-electron chi connectivity index (χ2n) is 8.06. The number of aromatic nitrogens is 2. The Bertz CT molecular complexity index is 916. The Morgan fingerprint density at radius 1 is 1.24 bits per heavy atom. The number of ketones is 1. The Balaban J connectivity index is 1.43. The van der Waals surface area contributed by atoms with Gasteiger partial charge in [-0.1, -0.05) is 24.4 Å². The van der Waals surface area contributed by atoms with Crippen molar-refractivity contribution in [3.8, 4) is 5.75 Å². The smallest absolute Gasteiger partial charge is 0.274 e. The number of carbonyl (C=O) groups is 2. The van der Waals surface area contributed by atoms with E-state index in [0.29, 0.717) is 30.2 Å². The van der Waals surface area contributed by atoms with Gasteiger partial charge < -0.3 is 9.64 Å². The standard InChI is InChI=1S/C22H26ClN3O3/c1-14-11-16(12-15(2)21(14)23)29-13-25-9-7-18(24-25)22(28)26-10-8-20(27)17-5-3-4-6-19(17)26/h7,9,11-12,17,19H,3-6,8,10,13H2,1-2H3. The van der Waals surface area contributed by atoms with Crippen LogP contribution >= 0.6 is 11.6 Å². The van der Waals surface area contributed by atoms with Crippen molar-refractivity contribution in [1.82, 2.24) is 14.7 Å². The van der Waals surface area contributed by atoms with Crippen LogP contribution in [0.3, 0.4) is 0 Å². The molecule has 2 fully saturated rings. The summed E-state index contributed by atoms with van der Waals surface area (Å²) in [6, 6.07) is 5.52. The van der Waals surface area contributed by atoms with Crippen molar-refractivity contribution in [3.05, 3.63) is 46.2 Å². The lowest BCUT2D eigenvalue weighted by Gasteiger charge is -2.42. The predicted molar refractivity (Wildman–Crippen MR) is 110 cm³/mol. The van der Waals surface area contributed by atoms with Crippen LogP contribution in [0, 0.1) is 19.8 Å². The second kappa shape index (κ2) is 8.19. The molecular weight excluding hydrogens is 390 g/mol. The highest BCUT2D eigenvalue weighted by molar-refractivity contribution is 6.32. The zero-order valence-corrected chi connectivity index (χ0v) is 17.6. The van der Waals surface area contributed by atoms with Crippen LogP contribution in [0.4, 0.5) is 0 Å². The van der Waals surface area contributed by atoms with Crippen LogP contribution < -0.4 is 4.74 Å². The second-order valence-corrected chi connectivity index (χ2v) is 8.44. The summed E-state index contributed by atoms with van der Waals surface area (Å²) in [6.07, 6.45) is 6.14. The first kappa shape index (κ1) is 20.0. The number of hydrogen-bond acceptors (Lipinski definition) is 4. The lowest BCUT2D eigenvalue weighted by Crippen LogP contribution is -2.53. The molecule has 0 spiro atoms. The fraction of sp³-hybridized carbons (Fsp3) is 0.500. The monoisotopic (exact) mass is 415 g/mol. The first-order chi connectivity index (χ1) is 13.9. The Morgan fingerprint density at radius 3 is 2.72 bits per heavy atom. The minimum Gasteiger partial charge on any atom is -0.471 e. The number of Topliss-reactive ketones (excluding diaryl/α,β-unsaturated/α-hetero) is 1. The summed E-state index contributed by atoms with van der Waals surface area (Å²) < 4.78 is 7.43. The summed E-state index contributed by atoms with van der Waals surface area (Å²) in [5.74, 6) is 0.938. The quantitative estimate of drug-likeness (QED) is 0.751. The summed E-state index contributed by atoms with van der Waals surface area (Å²) in [7, 11) is 0. The molecule has 4 rings (SSSR count). The van der Waals surface area contributed by atoms with Crippen molar-refractivity contribution in [2.75, 3.05) is 6.54 Å². The number of benzene rings is 1. The largest absolute Gasteiger partial charge is 0.471 e. The van der Waals surface area contributed by atoms with Gasteiger partial charge in [0.05, 0.1) is 0 Å². The molecule has 2 aromatic rings. The molecule has 0 bridgehead atoms. The molecule has 0 radical (unpaired) electrons. The van der Waals surface area contributed by atoms with Gasteiger partial charge in [0, 0.05) is 36.1 Å². The van der Waals surface area contributed by atoms with Gasteiger partial charge in [-0.05, 0) is 56.0 Å². The normalized spacial score (nSPS) is 21.8. The molecule has 1 aliphatic carbocycles. The molecule has 7 heteroatoms. The van der Waals surface area contributed by atoms with Crippen LogP contribution in [0.1, 0.15) is 53.7 Å². The van der Waals surface area contributed by atoms with E-state index >= 15 is 0 Å². The zero-order valence-electron chi connectivity index (χ0n) is 16.9. The van der Waals surface area contributed by atoms with Gasteiger partial charge in [0.1, 0.15) is 11.5 Å². The van der Waals surface area contributed by atoms with Crippen molar-refractivity contribution in [2.24, 2.45) is 5.92 Å². The van der Waals surface area contributed by atoms with E-state index in [2.05, 4.69) is 5.10 Å². The summed E-state index contributed by atoms with van der Waals surface area (Å²) in [4.78, 5) is 27.2. The average molecular weight is 416 g/mol. The maximum absolute atomic E-state index is 13.1. The van der Waals surface area contributed by atoms with Gasteiger partial charge >= 0.3 is 0 Å². The molecule has 29 heavy (non-hydrogen) atoms. The lowest BCUT2D eigenvalue weighted by atomic mass is 9.77. The van der Waals surface area contributed by atoms with Crippen LogP contribution in [0.25, 0.3) is 0 Å². The predicted octanol–water partition coefficient (Wildman–Crippen LogP) is 4.16. The fourth-order valence-electron chi connectivity index (χ4n) is 4.52. The number of hydrogen-bond donors (Lipinski definition) is 0. The van der Waals surface area contributed by atoms with E-state index in [-0.39, 0.29) is 24.6 Å². The van der Waals surface area contributed by atoms with E-state index in [9.17, 15) is 9.59 Å². The zero-order chi connectivity index (χ0) is 20.5. The topological polar surface area (TPSA) is 64.4 Å². The molecule has 1 saturated carbocycles. The number of halogens is 1. The molecule has 1 saturated heterocycles. The minimum absolute atomic E-state index is 0.00301. The number of rotatable bonds is 4. The SMILES string of the molecule is Cc1cc(OCn2ccc(C(=O)N3CCC(=O)C4CCCCC43)n2)cc(C)c1Cl. The van der Waals surface area contributed by atoms with Crippen molar-refractivity contribution < 1.29 is 14.3 Å². The maximum atomic E-state index is 13.1. The van der Waals surface area contributed by atoms with Gasteiger partial charge in [-0.15, -0.1) is 0 Å². The van der Waals surface area contributed by atoms with Crippen LogP contribution in [0.5, 0.6) is 5.75 Å². The first-order valence-electron chi connectivity index (χ1n) is 10.2. The molecule has 1 aromatic heterocycles. The maximum Gasteiger partial charge on any atom is 0.274 e. The highest BCUT2D eigenvalue weighted by atomic mass is 35.5. The van der Waals surface area contributed by atoms with Crippen LogP contribution in [0.15, 0.2) is 24.4 Å². The number of nitrogens with zero attached hydrogens (tertiary/aromatic N) is 3. The molecule has 1 aromatic carbocycles. The van der Waals surface area contributed by atoms with Gasteiger partial charge in [-0.25, -0.2) is 4.68 Å². The van der Waals surface area contributed by atoms with Crippen molar-refractivity contribution >= 4 is 23.3 Å². The molecule has 2 aliphatic rings. The number of aryl methyl sites for hydroxylation is 2. The molecule has 1 aliphatic heterocycles. The summed E-state index contributed by atoms with van der Waals surface area (Å²) >= 11 is 6.20. The van der Waals surface area contributed by atoms with Crippen LogP contribution in [-0.4, -0.2) is 39.0 Å². The van der Waals surface area contributed by atoms with Gasteiger partial charge in [0.2, 0.25) is 0 Å². The van der Waals surface area contributed by atoms with E-state index in [1.165, 1.54) is 0 Å². The van der Waals surface area contributed by atoms with Crippen LogP contribution in [-0.2, 0) is 11.5 Å². The highest BCUT2D eigenvalue weighted by Crippen LogP contribution is 2.34. The molecule has 2 atom stereocenters. The molecule has 1 amide bonds. The van der Waals surface area contributed by atoms with Gasteiger partial charge in [0.25, 0.3) is 5.91 Å². The van der Waals surface area contributed by atoms with Crippen molar-refractivity contribution in [1.29, 1.82) is 0 Å². The summed E-state index contributed by atoms with van der Waals surface area (Å²) in [5.41, 5.74) is 2.31. The van der Waals surface area contributed by atoms with Crippen LogP contribution in [0.2, 0.25) is 5.02 Å². The number of likely N-dealkylation sites (tertiary alicyclic amines) is 1. The number of piperidine rings is 1. The minimum atomic E-state index is -0.0914. The van der Waals surface area contributed by atoms with E-state index in [4.69, 9.17) is 16.3 Å². The lowest BCUT2D eigenvalue weighted by molar-refractivity contribution is -0.129. The summed E-state index contributed by atoms with van der Waals surface area (Å²) in [6.45, 7) is 4.58. The van der Waals surface area contributed by atoms with Gasteiger partial charge in [-0.3, -0.25) is 9.59 Å². The molecule has 2 unspecified atom stereocenters. The Morgan fingerprint density at radius 2 is 1.97 bits per heavy atom. The van der Waals surface area contributed by atoms with Crippen molar-refractivity contribution in [3.63, 3.8) is 0 Å². The third kappa shape index (κ3) is 4.04.